The third kappa shape index (κ3) is 2.85. The molecule has 9 heavy (non-hydrogen) atoms. The van der Waals surface area contributed by atoms with Crippen LogP contribution in [0.25, 0.3) is 0 Å². The summed E-state index contributed by atoms with van der Waals surface area (Å²) < 4.78 is 5.30. The zero-order chi connectivity index (χ0) is 7.33. The second kappa shape index (κ2) is 3.89. The zero-order valence-corrected chi connectivity index (χ0v) is 6.90. The molecule has 0 fully saturated rings. The summed E-state index contributed by atoms with van der Waals surface area (Å²) >= 11 is 0. The first kappa shape index (κ1) is 8.96. The van der Waals surface area contributed by atoms with Gasteiger partial charge in [-0.2, -0.15) is 0 Å². The van der Waals surface area contributed by atoms with Crippen molar-refractivity contribution >= 4 is 0 Å². The van der Waals surface area contributed by atoms with Gasteiger partial charge >= 0.3 is 0 Å². The summed E-state index contributed by atoms with van der Waals surface area (Å²) in [5.74, 6) is 0. The first-order valence-corrected chi connectivity index (χ1v) is 3.51. The maximum atomic E-state index is 5.30. The van der Waals surface area contributed by atoms with Crippen molar-refractivity contribution in [3.8, 4) is 0 Å². The minimum Gasteiger partial charge on any atom is -0.379 e. The largest absolute Gasteiger partial charge is 0.379 e. The van der Waals surface area contributed by atoms with Gasteiger partial charge in [-0.1, -0.05) is 13.8 Å². The summed E-state index contributed by atoms with van der Waals surface area (Å²) in [4.78, 5) is 0. The van der Waals surface area contributed by atoms with Crippen LogP contribution in [0, 0.1) is 6.42 Å². The molecule has 0 aliphatic heterocycles. The Labute approximate surface area is 58.4 Å². The van der Waals surface area contributed by atoms with Crippen molar-refractivity contribution in [3.05, 3.63) is 6.42 Å². The molecule has 0 amide bonds. The van der Waals surface area contributed by atoms with Crippen LogP contribution in [0.5, 0.6) is 0 Å². The van der Waals surface area contributed by atoms with Crippen LogP contribution in [-0.2, 0) is 4.74 Å². The highest BCUT2D eigenvalue weighted by Crippen LogP contribution is 2.19. The topological polar surface area (TPSA) is 9.23 Å². The normalized spacial score (nSPS) is 17.3. The quantitative estimate of drug-likeness (QED) is 0.566. The molecule has 0 aromatic heterocycles. The van der Waals surface area contributed by atoms with Gasteiger partial charge < -0.3 is 4.74 Å². The summed E-state index contributed by atoms with van der Waals surface area (Å²) in [6, 6.07) is 0. The SMILES string of the molecule is C[CH]CC(C)(CC)OC. The van der Waals surface area contributed by atoms with Crippen LogP contribution in [0.1, 0.15) is 33.6 Å². The third-order valence-corrected chi connectivity index (χ3v) is 1.88. The maximum Gasteiger partial charge on any atom is 0.0650 e. The lowest BCUT2D eigenvalue weighted by Gasteiger charge is -2.25. The van der Waals surface area contributed by atoms with Gasteiger partial charge in [-0.15, -0.1) is 0 Å². The summed E-state index contributed by atoms with van der Waals surface area (Å²) in [5, 5.41) is 0. The van der Waals surface area contributed by atoms with Crippen molar-refractivity contribution in [1.82, 2.24) is 0 Å². The van der Waals surface area contributed by atoms with Gasteiger partial charge in [0.25, 0.3) is 0 Å². The van der Waals surface area contributed by atoms with E-state index in [2.05, 4.69) is 27.2 Å². The van der Waals surface area contributed by atoms with E-state index in [9.17, 15) is 0 Å². The van der Waals surface area contributed by atoms with Gasteiger partial charge in [-0.05, 0) is 26.2 Å². The highest BCUT2D eigenvalue weighted by atomic mass is 16.5. The van der Waals surface area contributed by atoms with E-state index in [0.29, 0.717) is 0 Å². The second-order valence-electron chi connectivity index (χ2n) is 2.62. The molecule has 0 saturated heterocycles. The summed E-state index contributed by atoms with van der Waals surface area (Å²) in [6.45, 7) is 6.34. The van der Waals surface area contributed by atoms with Crippen LogP contribution in [0.3, 0.4) is 0 Å². The van der Waals surface area contributed by atoms with Crippen LogP contribution in [0.4, 0.5) is 0 Å². The Kier molecular flexibility index (Phi) is 3.87. The number of hydrogen-bond donors (Lipinski definition) is 0. The minimum atomic E-state index is 0.0781. The number of ether oxygens (including phenoxy) is 1. The number of rotatable bonds is 4. The Morgan fingerprint density at radius 1 is 1.56 bits per heavy atom. The van der Waals surface area contributed by atoms with E-state index in [0.717, 1.165) is 12.8 Å². The molecule has 0 rings (SSSR count). The van der Waals surface area contributed by atoms with Crippen molar-refractivity contribution < 1.29 is 4.74 Å². The lowest BCUT2D eigenvalue weighted by atomic mass is 9.97. The first-order valence-electron chi connectivity index (χ1n) is 3.51. The molecule has 0 aliphatic rings. The van der Waals surface area contributed by atoms with Crippen molar-refractivity contribution in [1.29, 1.82) is 0 Å². The lowest BCUT2D eigenvalue weighted by molar-refractivity contribution is 0.00259. The average molecular weight is 129 g/mol. The molecule has 0 heterocycles. The van der Waals surface area contributed by atoms with Crippen LogP contribution in [-0.4, -0.2) is 12.7 Å². The first-order chi connectivity index (χ1) is 4.18. The predicted octanol–water partition coefficient (Wildman–Crippen LogP) is 2.42. The van der Waals surface area contributed by atoms with Crippen molar-refractivity contribution in [2.24, 2.45) is 0 Å². The Bertz CT molecular complexity index is 65.0. The smallest absolute Gasteiger partial charge is 0.0650 e. The fourth-order valence-corrected chi connectivity index (χ4v) is 0.804. The van der Waals surface area contributed by atoms with E-state index in [-0.39, 0.29) is 5.60 Å². The molecular weight excluding hydrogens is 112 g/mol. The molecule has 0 spiro atoms. The van der Waals surface area contributed by atoms with Crippen LogP contribution >= 0.6 is 0 Å². The number of hydrogen-bond acceptors (Lipinski definition) is 1. The summed E-state index contributed by atoms with van der Waals surface area (Å²) in [6.07, 6.45) is 4.26. The minimum absolute atomic E-state index is 0.0781. The van der Waals surface area contributed by atoms with E-state index in [1.54, 1.807) is 7.11 Å². The molecular formula is C8H17O. The second-order valence-corrected chi connectivity index (χ2v) is 2.62. The van der Waals surface area contributed by atoms with Gasteiger partial charge in [0, 0.05) is 7.11 Å². The molecule has 0 saturated carbocycles. The van der Waals surface area contributed by atoms with Crippen LogP contribution in [0.2, 0.25) is 0 Å². The lowest BCUT2D eigenvalue weighted by Crippen LogP contribution is -2.25. The van der Waals surface area contributed by atoms with E-state index in [1.807, 2.05) is 0 Å². The van der Waals surface area contributed by atoms with Gasteiger partial charge in [-0.25, -0.2) is 0 Å². The van der Waals surface area contributed by atoms with E-state index in [4.69, 9.17) is 4.74 Å². The molecule has 0 N–H and O–H groups in total. The maximum absolute atomic E-state index is 5.30. The van der Waals surface area contributed by atoms with Crippen molar-refractivity contribution in [2.45, 2.75) is 39.2 Å². The molecule has 0 aromatic carbocycles. The molecule has 1 unspecified atom stereocenters. The standard InChI is InChI=1S/C8H17O/c1-5-7-8(3,6-2)9-4/h5H,6-7H2,1-4H3. The van der Waals surface area contributed by atoms with Crippen LogP contribution in [0.15, 0.2) is 0 Å². The molecule has 1 atom stereocenters. The predicted molar refractivity (Wildman–Crippen MR) is 40.3 cm³/mol. The molecule has 0 aromatic rings. The molecule has 0 bridgehead atoms. The molecule has 55 valence electrons. The summed E-state index contributed by atoms with van der Waals surface area (Å²) in [5.41, 5.74) is 0.0781. The van der Waals surface area contributed by atoms with E-state index in [1.165, 1.54) is 0 Å². The number of methoxy groups -OCH3 is 1. The fraction of sp³-hybridized carbons (Fsp3) is 0.875. The van der Waals surface area contributed by atoms with Gasteiger partial charge in [0.2, 0.25) is 0 Å². The van der Waals surface area contributed by atoms with Gasteiger partial charge in [0.1, 0.15) is 0 Å². The Balaban J connectivity index is 3.62. The van der Waals surface area contributed by atoms with Crippen molar-refractivity contribution in [3.63, 3.8) is 0 Å². The average Bonchev–Trinajstić information content (AvgIpc) is 1.89. The third-order valence-electron chi connectivity index (χ3n) is 1.88. The van der Waals surface area contributed by atoms with Crippen LogP contribution < -0.4 is 0 Å². The monoisotopic (exact) mass is 129 g/mol. The summed E-state index contributed by atoms with van der Waals surface area (Å²) in [7, 11) is 1.77. The highest BCUT2D eigenvalue weighted by Gasteiger charge is 2.18. The van der Waals surface area contributed by atoms with E-state index >= 15 is 0 Å². The Morgan fingerprint density at radius 2 is 2.11 bits per heavy atom. The molecule has 1 radical (unpaired) electrons. The zero-order valence-electron chi connectivity index (χ0n) is 6.90. The Morgan fingerprint density at radius 3 is 2.22 bits per heavy atom. The highest BCUT2D eigenvalue weighted by molar-refractivity contribution is 4.78. The van der Waals surface area contributed by atoms with Crippen molar-refractivity contribution in [2.75, 3.05) is 7.11 Å². The molecule has 0 aliphatic carbocycles. The van der Waals surface area contributed by atoms with Gasteiger partial charge in [-0.3, -0.25) is 0 Å². The van der Waals surface area contributed by atoms with E-state index < -0.39 is 0 Å². The van der Waals surface area contributed by atoms with Gasteiger partial charge in [0.05, 0.1) is 5.60 Å². The molecule has 1 heteroatoms. The van der Waals surface area contributed by atoms with Gasteiger partial charge in [0.15, 0.2) is 0 Å². The fourth-order valence-electron chi connectivity index (χ4n) is 0.804. The molecule has 1 nitrogen and oxygen atoms in total. The Hall–Kier alpha value is -0.0400.